The molecule has 1 aromatic heterocycles. The van der Waals surface area contributed by atoms with Crippen LogP contribution in [-0.4, -0.2) is 41.2 Å². The Labute approximate surface area is 150 Å². The summed E-state index contributed by atoms with van der Waals surface area (Å²) < 4.78 is 52.5. The Kier molecular flexibility index (Phi) is 5.15. The molecule has 0 atom stereocenters. The van der Waals surface area contributed by atoms with E-state index in [1.807, 2.05) is 0 Å². The van der Waals surface area contributed by atoms with Crippen LogP contribution in [0, 0.1) is 11.6 Å². The van der Waals surface area contributed by atoms with Gasteiger partial charge >= 0.3 is 0 Å². The maximum Gasteiger partial charge on any atom is 0.250 e. The smallest absolute Gasteiger partial charge is 0.250 e. The molecule has 0 bridgehead atoms. The molecule has 10 heteroatoms. The van der Waals surface area contributed by atoms with E-state index >= 15 is 0 Å². The van der Waals surface area contributed by atoms with Gasteiger partial charge in [-0.2, -0.15) is 0 Å². The first-order chi connectivity index (χ1) is 12.2. The first-order valence-corrected chi connectivity index (χ1v) is 8.67. The molecule has 140 valence electrons. The number of alkyl halides is 2. The number of hydrogen-bond acceptors (Lipinski definition) is 6. The van der Waals surface area contributed by atoms with Crippen molar-refractivity contribution in [3.63, 3.8) is 0 Å². The molecule has 0 radical (unpaired) electrons. The third-order valence-electron chi connectivity index (χ3n) is 4.03. The second-order valence-electron chi connectivity index (χ2n) is 6.04. The van der Waals surface area contributed by atoms with Gasteiger partial charge in [-0.15, -0.1) is 0 Å². The summed E-state index contributed by atoms with van der Waals surface area (Å²) in [7, 11) is 0. The van der Waals surface area contributed by atoms with Gasteiger partial charge in [0.15, 0.2) is 22.5 Å². The number of carbonyl (C=O) groups is 1. The van der Waals surface area contributed by atoms with Gasteiger partial charge in [0.2, 0.25) is 0 Å². The van der Waals surface area contributed by atoms with E-state index in [-0.39, 0.29) is 59.8 Å². The molecule has 1 saturated heterocycles. The Bertz CT molecular complexity index is 817. The number of nitrogen functional groups attached to an aromatic ring is 1. The van der Waals surface area contributed by atoms with Crippen LogP contribution >= 0.6 is 11.3 Å². The van der Waals surface area contributed by atoms with Crippen molar-refractivity contribution in [2.24, 2.45) is 0 Å². The summed E-state index contributed by atoms with van der Waals surface area (Å²) in [6, 6.07) is 3.25. The highest BCUT2D eigenvalue weighted by atomic mass is 32.1. The molecular weight excluding hydrogens is 372 g/mol. The van der Waals surface area contributed by atoms with E-state index in [1.165, 1.54) is 6.07 Å². The number of carbonyl (C=O) groups excluding carboxylic acids is 1. The van der Waals surface area contributed by atoms with Gasteiger partial charge in [-0.3, -0.25) is 9.69 Å². The molecule has 2 aromatic rings. The number of nitrogens with two attached hydrogens (primary N) is 1. The standard InChI is InChI=1S/C16H16F4N4OS/c17-10-2-1-9(7-11(10)18)22-15-23-14(21)13(26-15)12(25)8-24-5-3-16(19,20)4-6-24/h1-2,7H,3-6,8,21H2,(H,22,23). The van der Waals surface area contributed by atoms with Crippen LogP contribution in [0.5, 0.6) is 0 Å². The maximum absolute atomic E-state index is 13.2. The molecule has 0 aliphatic carbocycles. The van der Waals surface area contributed by atoms with Gasteiger partial charge in [-0.1, -0.05) is 11.3 Å². The summed E-state index contributed by atoms with van der Waals surface area (Å²) in [5.74, 6) is -4.98. The molecule has 26 heavy (non-hydrogen) atoms. The highest BCUT2D eigenvalue weighted by Gasteiger charge is 2.34. The Balaban J connectivity index is 1.65. The minimum absolute atomic E-state index is 0.00687. The predicted molar refractivity (Wildman–Crippen MR) is 91.1 cm³/mol. The zero-order valence-electron chi connectivity index (χ0n) is 13.6. The fraction of sp³-hybridized carbons (Fsp3) is 0.375. The third-order valence-corrected chi connectivity index (χ3v) is 5.06. The average Bonchev–Trinajstić information content (AvgIpc) is 2.93. The number of benzene rings is 1. The van der Waals surface area contributed by atoms with Crippen molar-refractivity contribution in [1.82, 2.24) is 9.88 Å². The summed E-state index contributed by atoms with van der Waals surface area (Å²) in [5, 5.41) is 3.01. The Morgan fingerprint density at radius 3 is 2.62 bits per heavy atom. The van der Waals surface area contributed by atoms with Crippen molar-refractivity contribution in [2.45, 2.75) is 18.8 Å². The molecule has 1 aliphatic rings. The lowest BCUT2D eigenvalue weighted by Gasteiger charge is -2.30. The number of thiazole rings is 1. The van der Waals surface area contributed by atoms with Crippen LogP contribution < -0.4 is 11.1 Å². The Morgan fingerprint density at radius 2 is 1.96 bits per heavy atom. The fourth-order valence-corrected chi connectivity index (χ4v) is 3.43. The van der Waals surface area contributed by atoms with Crippen molar-refractivity contribution in [1.29, 1.82) is 0 Å². The quantitative estimate of drug-likeness (QED) is 0.604. The number of nitrogens with one attached hydrogen (secondary N) is 1. The minimum Gasteiger partial charge on any atom is -0.382 e. The van der Waals surface area contributed by atoms with E-state index in [4.69, 9.17) is 5.73 Å². The van der Waals surface area contributed by atoms with Crippen LogP contribution in [0.1, 0.15) is 22.5 Å². The summed E-state index contributed by atoms with van der Waals surface area (Å²) in [5.41, 5.74) is 6.02. The summed E-state index contributed by atoms with van der Waals surface area (Å²) in [6.45, 7) is 0.252. The van der Waals surface area contributed by atoms with Crippen LogP contribution in [0.15, 0.2) is 18.2 Å². The van der Waals surface area contributed by atoms with E-state index in [1.54, 1.807) is 4.90 Å². The molecule has 0 amide bonds. The number of piperidine rings is 1. The van der Waals surface area contributed by atoms with Gasteiger partial charge in [0.05, 0.1) is 6.54 Å². The van der Waals surface area contributed by atoms with Gasteiger partial charge < -0.3 is 11.1 Å². The summed E-state index contributed by atoms with van der Waals surface area (Å²) in [6.07, 6.45) is -0.553. The first kappa shape index (κ1) is 18.6. The number of aromatic nitrogens is 1. The summed E-state index contributed by atoms with van der Waals surface area (Å²) >= 11 is 0.973. The molecule has 3 N–H and O–H groups in total. The van der Waals surface area contributed by atoms with Gasteiger partial charge in [0.1, 0.15) is 10.7 Å². The molecule has 1 aliphatic heterocycles. The van der Waals surface area contributed by atoms with Gasteiger partial charge in [0, 0.05) is 37.7 Å². The number of nitrogens with zero attached hydrogens (tertiary/aromatic N) is 2. The molecule has 3 rings (SSSR count). The van der Waals surface area contributed by atoms with Crippen molar-refractivity contribution in [3.8, 4) is 0 Å². The molecule has 2 heterocycles. The first-order valence-electron chi connectivity index (χ1n) is 7.85. The van der Waals surface area contributed by atoms with Crippen LogP contribution in [-0.2, 0) is 0 Å². The highest BCUT2D eigenvalue weighted by Crippen LogP contribution is 2.30. The van der Waals surface area contributed by atoms with Crippen molar-refractivity contribution in [3.05, 3.63) is 34.7 Å². The number of Topliss-reactive ketones (excluding diaryl/α,β-unsaturated/α-hetero) is 1. The average molecular weight is 388 g/mol. The van der Waals surface area contributed by atoms with E-state index in [0.717, 1.165) is 23.5 Å². The lowest BCUT2D eigenvalue weighted by molar-refractivity contribution is -0.0536. The molecule has 1 aromatic carbocycles. The SMILES string of the molecule is Nc1nc(Nc2ccc(F)c(F)c2)sc1C(=O)CN1CCC(F)(F)CC1. The van der Waals surface area contributed by atoms with E-state index in [9.17, 15) is 22.4 Å². The zero-order valence-corrected chi connectivity index (χ0v) is 14.4. The molecule has 1 fully saturated rings. The lowest BCUT2D eigenvalue weighted by atomic mass is 10.1. The molecule has 0 saturated carbocycles. The largest absolute Gasteiger partial charge is 0.382 e. The third kappa shape index (κ3) is 4.31. The van der Waals surface area contributed by atoms with Gasteiger partial charge in [0.25, 0.3) is 5.92 Å². The number of likely N-dealkylation sites (tertiary alicyclic amines) is 1. The van der Waals surface area contributed by atoms with Gasteiger partial charge in [-0.25, -0.2) is 22.5 Å². The maximum atomic E-state index is 13.2. The van der Waals surface area contributed by atoms with Crippen LogP contribution in [0.4, 0.5) is 34.2 Å². The second kappa shape index (κ2) is 7.20. The van der Waals surface area contributed by atoms with Crippen LogP contribution in [0.2, 0.25) is 0 Å². The van der Waals surface area contributed by atoms with Crippen LogP contribution in [0.25, 0.3) is 0 Å². The number of halogens is 4. The predicted octanol–water partition coefficient (Wildman–Crippen LogP) is 3.66. The minimum atomic E-state index is -2.68. The number of rotatable bonds is 5. The van der Waals surface area contributed by atoms with E-state index < -0.39 is 17.6 Å². The molecule has 5 nitrogen and oxygen atoms in total. The van der Waals surface area contributed by atoms with E-state index in [0.29, 0.717) is 0 Å². The topological polar surface area (TPSA) is 71.2 Å². The molecular formula is C16H16F4N4OS. The second-order valence-corrected chi connectivity index (χ2v) is 7.04. The van der Waals surface area contributed by atoms with Gasteiger partial charge in [-0.05, 0) is 12.1 Å². The van der Waals surface area contributed by atoms with Crippen molar-refractivity contribution < 1.29 is 22.4 Å². The lowest BCUT2D eigenvalue weighted by Crippen LogP contribution is -2.41. The zero-order chi connectivity index (χ0) is 18.9. The highest BCUT2D eigenvalue weighted by molar-refractivity contribution is 7.18. The van der Waals surface area contributed by atoms with Crippen molar-refractivity contribution >= 4 is 33.8 Å². The normalized spacial score (nSPS) is 17.2. The number of anilines is 3. The molecule has 0 unspecified atom stereocenters. The van der Waals surface area contributed by atoms with Crippen LogP contribution in [0.3, 0.4) is 0 Å². The monoisotopic (exact) mass is 388 g/mol. The number of ketones is 1. The molecule has 0 spiro atoms. The fourth-order valence-electron chi connectivity index (χ4n) is 2.60. The Morgan fingerprint density at radius 1 is 1.27 bits per heavy atom. The Hall–Kier alpha value is -2.20. The van der Waals surface area contributed by atoms with Crippen molar-refractivity contribution in [2.75, 3.05) is 30.7 Å². The van der Waals surface area contributed by atoms with E-state index in [2.05, 4.69) is 10.3 Å². The summed E-state index contributed by atoms with van der Waals surface area (Å²) in [4.78, 5) is 18.2. The number of hydrogen-bond donors (Lipinski definition) is 2.